The lowest BCUT2D eigenvalue weighted by Crippen LogP contribution is -2.45. The average molecular weight is 199 g/mol. The minimum absolute atomic E-state index is 0.220. The lowest BCUT2D eigenvalue weighted by Gasteiger charge is -2.15. The van der Waals surface area contributed by atoms with Crippen molar-refractivity contribution in [1.29, 1.82) is 0 Å². The molecule has 0 saturated carbocycles. The van der Waals surface area contributed by atoms with Gasteiger partial charge in [-0.2, -0.15) is 0 Å². The van der Waals surface area contributed by atoms with Gasteiger partial charge in [0.2, 0.25) is 0 Å². The Kier molecular flexibility index (Phi) is 2.55. The second-order valence-electron chi connectivity index (χ2n) is 5.42. The zero-order valence-corrected chi connectivity index (χ0v) is 10.4. The summed E-state index contributed by atoms with van der Waals surface area (Å²) >= 11 is 0. The number of nitrogens with zero attached hydrogens (tertiary/aromatic N) is 2. The first-order chi connectivity index (χ1) is 5.71. The van der Waals surface area contributed by atoms with Gasteiger partial charge < -0.3 is 0 Å². The van der Waals surface area contributed by atoms with Crippen LogP contribution in [0.15, 0.2) is 12.4 Å². The third-order valence-electron chi connectivity index (χ3n) is 1.92. The van der Waals surface area contributed by atoms with Crippen molar-refractivity contribution >= 4 is 8.51 Å². The largest absolute Gasteiger partial charge is 0.346 e. The fourth-order valence-electron chi connectivity index (χ4n) is 1.01. The van der Waals surface area contributed by atoms with Crippen LogP contribution in [0, 0.1) is 0 Å². The summed E-state index contributed by atoms with van der Waals surface area (Å²) in [6.07, 6.45) is 4.35. The Labute approximate surface area is 82.8 Å². The van der Waals surface area contributed by atoms with Gasteiger partial charge in [0.25, 0.3) is 0 Å². The van der Waals surface area contributed by atoms with Crippen LogP contribution in [0.5, 0.6) is 0 Å². The number of hydrogen-bond donors (Lipinski definition) is 0. The molecule has 1 heterocycles. The summed E-state index contributed by atoms with van der Waals surface area (Å²) in [6, 6.07) is 0. The molecule has 0 aliphatic rings. The molecule has 0 saturated heterocycles. The molecule has 3 heteroatoms. The van der Waals surface area contributed by atoms with Gasteiger partial charge in [-0.3, -0.25) is 0 Å². The molecule has 0 spiro atoms. The van der Waals surface area contributed by atoms with Gasteiger partial charge in [0, 0.05) is 0 Å². The second-order valence-corrected chi connectivity index (χ2v) is 6.46. The summed E-state index contributed by atoms with van der Waals surface area (Å²) in [5.74, 6) is 0. The van der Waals surface area contributed by atoms with E-state index in [0.717, 1.165) is 0 Å². The highest BCUT2D eigenvalue weighted by molar-refractivity contribution is 7.17. The molecule has 74 valence electrons. The van der Waals surface area contributed by atoms with E-state index in [1.54, 1.807) is 0 Å². The molecule has 1 aromatic heterocycles. The van der Waals surface area contributed by atoms with Crippen molar-refractivity contribution in [3.63, 3.8) is 0 Å². The lowest BCUT2D eigenvalue weighted by atomic mass is 10.1. The van der Waals surface area contributed by atoms with Gasteiger partial charge >= 0.3 is 8.51 Å². The van der Waals surface area contributed by atoms with Crippen LogP contribution < -0.4 is 4.33 Å². The molecule has 0 bridgehead atoms. The van der Waals surface area contributed by atoms with Crippen molar-refractivity contribution in [2.24, 2.45) is 0 Å². The zero-order valence-electron chi connectivity index (χ0n) is 9.50. The molecule has 13 heavy (non-hydrogen) atoms. The van der Waals surface area contributed by atoms with Crippen molar-refractivity contribution in [2.45, 2.75) is 52.6 Å². The second kappa shape index (κ2) is 3.09. The summed E-state index contributed by atoms with van der Waals surface area (Å²) < 4.78 is 4.66. The molecule has 0 aromatic carbocycles. The average Bonchev–Trinajstić information content (AvgIpc) is 2.28. The molecule has 0 aliphatic carbocycles. The lowest BCUT2D eigenvalue weighted by molar-refractivity contribution is -0.690. The Morgan fingerprint density at radius 1 is 1.08 bits per heavy atom. The van der Waals surface area contributed by atoms with E-state index in [9.17, 15) is 0 Å². The molecule has 0 N–H and O–H groups in total. The van der Waals surface area contributed by atoms with E-state index in [2.05, 4.69) is 62.6 Å². The molecule has 0 aliphatic heterocycles. The van der Waals surface area contributed by atoms with Crippen molar-refractivity contribution in [2.75, 3.05) is 0 Å². The fraction of sp³-hybridized carbons (Fsp3) is 0.800. The Balaban J connectivity index is 3.01. The van der Waals surface area contributed by atoms with Crippen LogP contribution in [0.4, 0.5) is 0 Å². The molecule has 0 unspecified atom stereocenters. The van der Waals surface area contributed by atoms with E-state index in [1.807, 2.05) is 0 Å². The van der Waals surface area contributed by atoms with E-state index in [1.165, 1.54) is 8.51 Å². The Hall–Kier alpha value is -0.360. The SMILES string of the molecule is CC(C)(C)n1cc[n+](C(C)(C)C)p1. The van der Waals surface area contributed by atoms with Gasteiger partial charge in [0.15, 0.2) is 0 Å². The van der Waals surface area contributed by atoms with Crippen LogP contribution in [-0.4, -0.2) is 4.33 Å². The predicted molar refractivity (Wildman–Crippen MR) is 57.1 cm³/mol. The van der Waals surface area contributed by atoms with Gasteiger partial charge in [-0.05, 0) is 41.5 Å². The van der Waals surface area contributed by atoms with Crippen LogP contribution in [-0.2, 0) is 11.1 Å². The van der Waals surface area contributed by atoms with E-state index < -0.39 is 0 Å². The van der Waals surface area contributed by atoms with Crippen LogP contribution >= 0.6 is 8.51 Å². The summed E-state index contributed by atoms with van der Waals surface area (Å²) in [5, 5.41) is 0. The molecule has 1 aromatic rings. The van der Waals surface area contributed by atoms with Crippen LogP contribution in [0.1, 0.15) is 41.5 Å². The van der Waals surface area contributed by atoms with Gasteiger partial charge in [-0.15, -0.1) is 0 Å². The Bertz CT molecular complexity index is 260. The van der Waals surface area contributed by atoms with Crippen molar-refractivity contribution < 1.29 is 4.33 Å². The zero-order chi connectivity index (χ0) is 10.3. The van der Waals surface area contributed by atoms with Crippen LogP contribution in [0.3, 0.4) is 0 Å². The Morgan fingerprint density at radius 3 is 1.85 bits per heavy atom. The minimum Gasteiger partial charge on any atom is -0.210 e. The smallest absolute Gasteiger partial charge is 0.210 e. The monoisotopic (exact) mass is 199 g/mol. The quantitative estimate of drug-likeness (QED) is 0.607. The number of aromatic nitrogens is 2. The molecule has 2 nitrogen and oxygen atoms in total. The van der Waals surface area contributed by atoms with Crippen LogP contribution in [0.2, 0.25) is 0 Å². The first-order valence-electron chi connectivity index (χ1n) is 4.70. The normalized spacial score (nSPS) is 14.0. The molecule has 1 rings (SSSR count). The maximum atomic E-state index is 2.33. The maximum Gasteiger partial charge on any atom is 0.346 e. The molecule has 0 amide bonds. The summed E-state index contributed by atoms with van der Waals surface area (Å²) in [7, 11) is 1.26. The molecular weight excluding hydrogens is 179 g/mol. The van der Waals surface area contributed by atoms with Crippen molar-refractivity contribution in [3.05, 3.63) is 12.4 Å². The Morgan fingerprint density at radius 2 is 1.62 bits per heavy atom. The van der Waals surface area contributed by atoms with E-state index in [4.69, 9.17) is 0 Å². The highest BCUT2D eigenvalue weighted by Gasteiger charge is 2.25. The minimum atomic E-state index is 0.220. The number of hydrogen-bond acceptors (Lipinski definition) is 0. The summed E-state index contributed by atoms with van der Waals surface area (Å²) in [5.41, 5.74) is 0.441. The van der Waals surface area contributed by atoms with Gasteiger partial charge in [-0.1, -0.05) is 0 Å². The summed E-state index contributed by atoms with van der Waals surface area (Å²) in [4.78, 5) is 0. The highest BCUT2D eigenvalue weighted by atomic mass is 31.1. The third kappa shape index (κ3) is 2.54. The van der Waals surface area contributed by atoms with Gasteiger partial charge in [0.1, 0.15) is 23.5 Å². The molecule has 0 fully saturated rings. The van der Waals surface area contributed by atoms with E-state index in [0.29, 0.717) is 0 Å². The van der Waals surface area contributed by atoms with Crippen LogP contribution in [0.25, 0.3) is 0 Å². The topological polar surface area (TPSA) is 8.81 Å². The molecule has 0 atom stereocenters. The van der Waals surface area contributed by atoms with Crippen molar-refractivity contribution in [1.82, 2.24) is 4.33 Å². The van der Waals surface area contributed by atoms with Gasteiger partial charge in [-0.25, -0.2) is 8.66 Å². The number of rotatable bonds is 0. The fourth-order valence-corrected chi connectivity index (χ4v) is 1.99. The van der Waals surface area contributed by atoms with Crippen molar-refractivity contribution in [3.8, 4) is 0 Å². The third-order valence-corrected chi connectivity index (χ3v) is 3.77. The first kappa shape index (κ1) is 10.7. The van der Waals surface area contributed by atoms with Gasteiger partial charge in [0.05, 0.1) is 0 Å². The van der Waals surface area contributed by atoms with E-state index in [-0.39, 0.29) is 11.1 Å². The molecular formula is C10H20N2P+. The molecule has 0 radical (unpaired) electrons. The van der Waals surface area contributed by atoms with E-state index >= 15 is 0 Å². The maximum absolute atomic E-state index is 2.33. The summed E-state index contributed by atoms with van der Waals surface area (Å²) in [6.45, 7) is 13.4. The highest BCUT2D eigenvalue weighted by Crippen LogP contribution is 2.19. The standard InChI is InChI=1S/C10H20N2P/c1-9(2,3)11-7-8-12(13-11)10(4,5)6/h7-8H,1-6H3/q+1. The predicted octanol–water partition coefficient (Wildman–Crippen LogP) is 2.87. The first-order valence-corrected chi connectivity index (χ1v) is 5.50.